The molecule has 2 heterocycles. The van der Waals surface area contributed by atoms with E-state index in [2.05, 4.69) is 9.97 Å². The summed E-state index contributed by atoms with van der Waals surface area (Å²) < 4.78 is 0. The Morgan fingerprint density at radius 2 is 1.81 bits per heavy atom. The van der Waals surface area contributed by atoms with Gasteiger partial charge in [-0.15, -0.1) is 0 Å². The van der Waals surface area contributed by atoms with Crippen LogP contribution in [0.5, 0.6) is 0 Å². The zero-order valence-electron chi connectivity index (χ0n) is 12.2. The number of benzene rings is 1. The molecule has 3 rings (SSSR count). The summed E-state index contributed by atoms with van der Waals surface area (Å²) in [7, 11) is 0. The number of imidazole rings is 1. The van der Waals surface area contributed by atoms with Crippen LogP contribution in [0.4, 0.5) is 0 Å². The number of hydrogen-bond acceptors (Lipinski definition) is 3. The van der Waals surface area contributed by atoms with E-state index in [-0.39, 0.29) is 11.8 Å². The number of carbonyl (C=O) groups excluding carboxylic acids is 2. The van der Waals surface area contributed by atoms with Gasteiger partial charge in [0, 0.05) is 38.7 Å². The van der Waals surface area contributed by atoms with E-state index in [0.717, 1.165) is 16.9 Å². The number of aromatic nitrogens is 2. The number of nitrogens with one attached hydrogen (secondary N) is 1. The zero-order chi connectivity index (χ0) is 15.0. The van der Waals surface area contributed by atoms with Crippen molar-refractivity contribution in [2.45, 2.75) is 13.8 Å². The lowest BCUT2D eigenvalue weighted by molar-refractivity contribution is -0.130. The fourth-order valence-electron chi connectivity index (χ4n) is 2.67. The Morgan fingerprint density at radius 1 is 1.14 bits per heavy atom. The number of hydrogen-bond donors (Lipinski definition) is 1. The molecule has 0 saturated carbocycles. The SMILES string of the molecule is CC(=O)N1CCN(C(=O)c2ccc3[nH]c(C)nc3c2)CC1. The third-order valence-corrected chi connectivity index (χ3v) is 3.86. The minimum absolute atomic E-state index is 0.000699. The Morgan fingerprint density at radius 3 is 2.48 bits per heavy atom. The number of H-pyrrole nitrogens is 1. The van der Waals surface area contributed by atoms with Crippen LogP contribution in [0.3, 0.4) is 0 Å². The molecule has 1 saturated heterocycles. The lowest BCUT2D eigenvalue weighted by atomic mass is 10.1. The van der Waals surface area contributed by atoms with Crippen LogP contribution < -0.4 is 0 Å². The molecule has 6 heteroatoms. The van der Waals surface area contributed by atoms with Gasteiger partial charge in [-0.25, -0.2) is 4.98 Å². The van der Waals surface area contributed by atoms with Gasteiger partial charge in [0.1, 0.15) is 5.82 Å². The summed E-state index contributed by atoms with van der Waals surface area (Å²) in [5.74, 6) is 0.904. The van der Waals surface area contributed by atoms with E-state index >= 15 is 0 Å². The van der Waals surface area contributed by atoms with E-state index in [0.29, 0.717) is 31.7 Å². The third kappa shape index (κ3) is 2.61. The summed E-state index contributed by atoms with van der Waals surface area (Å²) in [6.07, 6.45) is 0. The van der Waals surface area contributed by atoms with Crippen molar-refractivity contribution < 1.29 is 9.59 Å². The predicted octanol–water partition coefficient (Wildman–Crippen LogP) is 1.18. The fraction of sp³-hybridized carbons (Fsp3) is 0.400. The Kier molecular flexibility index (Phi) is 3.37. The first kappa shape index (κ1) is 13.6. The summed E-state index contributed by atoms with van der Waals surface area (Å²) in [6, 6.07) is 5.52. The van der Waals surface area contributed by atoms with Crippen molar-refractivity contribution in [3.05, 3.63) is 29.6 Å². The van der Waals surface area contributed by atoms with Crippen molar-refractivity contribution >= 4 is 22.8 Å². The molecule has 0 bridgehead atoms. The van der Waals surface area contributed by atoms with Crippen molar-refractivity contribution in [1.29, 1.82) is 0 Å². The van der Waals surface area contributed by atoms with Gasteiger partial charge in [0.05, 0.1) is 11.0 Å². The van der Waals surface area contributed by atoms with Crippen LogP contribution in [-0.2, 0) is 4.79 Å². The molecule has 0 aliphatic carbocycles. The third-order valence-electron chi connectivity index (χ3n) is 3.86. The van der Waals surface area contributed by atoms with Crippen molar-refractivity contribution in [1.82, 2.24) is 19.8 Å². The monoisotopic (exact) mass is 286 g/mol. The van der Waals surface area contributed by atoms with Gasteiger partial charge in [-0.05, 0) is 25.1 Å². The van der Waals surface area contributed by atoms with Crippen molar-refractivity contribution in [2.75, 3.05) is 26.2 Å². The van der Waals surface area contributed by atoms with Crippen molar-refractivity contribution in [3.63, 3.8) is 0 Å². The Hall–Kier alpha value is -2.37. The first-order valence-corrected chi connectivity index (χ1v) is 7.06. The number of aryl methyl sites for hydroxylation is 1. The normalized spacial score (nSPS) is 15.5. The number of piperazine rings is 1. The van der Waals surface area contributed by atoms with E-state index in [1.807, 2.05) is 25.1 Å². The molecule has 110 valence electrons. The van der Waals surface area contributed by atoms with Crippen LogP contribution in [0, 0.1) is 6.92 Å². The van der Waals surface area contributed by atoms with Crippen LogP contribution in [0.1, 0.15) is 23.1 Å². The molecule has 21 heavy (non-hydrogen) atoms. The first-order chi connectivity index (χ1) is 10.0. The highest BCUT2D eigenvalue weighted by Gasteiger charge is 2.23. The maximum atomic E-state index is 12.5. The van der Waals surface area contributed by atoms with Crippen LogP contribution in [0.25, 0.3) is 11.0 Å². The Labute approximate surface area is 122 Å². The maximum Gasteiger partial charge on any atom is 0.254 e. The van der Waals surface area contributed by atoms with Gasteiger partial charge in [-0.2, -0.15) is 0 Å². The molecule has 1 N–H and O–H groups in total. The summed E-state index contributed by atoms with van der Waals surface area (Å²) >= 11 is 0. The van der Waals surface area contributed by atoms with E-state index in [4.69, 9.17) is 0 Å². The minimum atomic E-state index is 0.000699. The fourth-order valence-corrected chi connectivity index (χ4v) is 2.67. The van der Waals surface area contributed by atoms with Gasteiger partial charge >= 0.3 is 0 Å². The molecule has 1 aliphatic rings. The Bertz CT molecular complexity index is 699. The van der Waals surface area contributed by atoms with Crippen LogP contribution >= 0.6 is 0 Å². The smallest absolute Gasteiger partial charge is 0.254 e. The summed E-state index contributed by atoms with van der Waals surface area (Å²) in [5, 5.41) is 0. The molecule has 1 aliphatic heterocycles. The summed E-state index contributed by atoms with van der Waals surface area (Å²) in [4.78, 5) is 34.9. The highest BCUT2D eigenvalue weighted by atomic mass is 16.2. The van der Waals surface area contributed by atoms with E-state index in [9.17, 15) is 9.59 Å². The quantitative estimate of drug-likeness (QED) is 0.855. The lowest BCUT2D eigenvalue weighted by Crippen LogP contribution is -2.50. The second kappa shape index (κ2) is 5.20. The molecular formula is C15H18N4O2. The standard InChI is InChI=1S/C15H18N4O2/c1-10-16-13-4-3-12(9-14(13)17-10)15(21)19-7-5-18(6-8-19)11(2)20/h3-4,9H,5-8H2,1-2H3,(H,16,17). The molecule has 0 spiro atoms. The average Bonchev–Trinajstić information content (AvgIpc) is 2.85. The van der Waals surface area contributed by atoms with E-state index < -0.39 is 0 Å². The molecule has 0 radical (unpaired) electrons. The molecule has 6 nitrogen and oxygen atoms in total. The topological polar surface area (TPSA) is 69.3 Å². The molecule has 0 atom stereocenters. The van der Waals surface area contributed by atoms with E-state index in [1.165, 1.54) is 0 Å². The predicted molar refractivity (Wildman–Crippen MR) is 79.0 cm³/mol. The number of rotatable bonds is 1. The molecule has 1 aromatic carbocycles. The molecular weight excluding hydrogens is 268 g/mol. The van der Waals surface area contributed by atoms with Gasteiger partial charge < -0.3 is 14.8 Å². The molecule has 2 amide bonds. The average molecular weight is 286 g/mol. The molecule has 0 unspecified atom stereocenters. The number of aromatic amines is 1. The highest BCUT2D eigenvalue weighted by molar-refractivity contribution is 5.97. The molecule has 1 aromatic heterocycles. The largest absolute Gasteiger partial charge is 0.342 e. The maximum absolute atomic E-state index is 12.5. The second-order valence-electron chi connectivity index (χ2n) is 5.35. The van der Waals surface area contributed by atoms with E-state index in [1.54, 1.807) is 16.7 Å². The number of fused-ring (bicyclic) bond motifs is 1. The van der Waals surface area contributed by atoms with Gasteiger partial charge in [-0.1, -0.05) is 0 Å². The molecule has 2 aromatic rings. The molecule has 1 fully saturated rings. The van der Waals surface area contributed by atoms with Crippen LogP contribution in [-0.4, -0.2) is 57.8 Å². The first-order valence-electron chi connectivity index (χ1n) is 7.06. The summed E-state index contributed by atoms with van der Waals surface area (Å²) in [6.45, 7) is 5.82. The van der Waals surface area contributed by atoms with Gasteiger partial charge in [-0.3, -0.25) is 9.59 Å². The highest BCUT2D eigenvalue weighted by Crippen LogP contribution is 2.16. The number of carbonyl (C=O) groups is 2. The van der Waals surface area contributed by atoms with Crippen molar-refractivity contribution in [2.24, 2.45) is 0 Å². The number of amides is 2. The minimum Gasteiger partial charge on any atom is -0.342 e. The second-order valence-corrected chi connectivity index (χ2v) is 5.35. The number of nitrogens with zero attached hydrogens (tertiary/aromatic N) is 3. The van der Waals surface area contributed by atoms with Gasteiger partial charge in [0.25, 0.3) is 5.91 Å². The summed E-state index contributed by atoms with van der Waals surface area (Å²) in [5.41, 5.74) is 2.39. The Balaban J connectivity index is 1.76. The van der Waals surface area contributed by atoms with Crippen LogP contribution in [0.2, 0.25) is 0 Å². The van der Waals surface area contributed by atoms with Gasteiger partial charge in [0.2, 0.25) is 5.91 Å². The lowest BCUT2D eigenvalue weighted by Gasteiger charge is -2.34. The van der Waals surface area contributed by atoms with Crippen molar-refractivity contribution in [3.8, 4) is 0 Å². The zero-order valence-corrected chi connectivity index (χ0v) is 12.2. The van der Waals surface area contributed by atoms with Crippen LogP contribution in [0.15, 0.2) is 18.2 Å². The van der Waals surface area contributed by atoms with Gasteiger partial charge in [0.15, 0.2) is 0 Å².